The van der Waals surface area contributed by atoms with Gasteiger partial charge in [0.05, 0.1) is 31.7 Å². The summed E-state index contributed by atoms with van der Waals surface area (Å²) in [4.78, 5) is 15.3. The van der Waals surface area contributed by atoms with Crippen LogP contribution in [-0.4, -0.2) is 35.7 Å². The van der Waals surface area contributed by atoms with Crippen LogP contribution < -0.4 is 9.47 Å². The van der Waals surface area contributed by atoms with Gasteiger partial charge < -0.3 is 14.6 Å². The Kier molecular flexibility index (Phi) is 5.40. The Balaban J connectivity index is 2.10. The molecule has 0 saturated heterocycles. The average Bonchev–Trinajstić information content (AvgIpc) is 2.51. The predicted octanol–water partition coefficient (Wildman–Crippen LogP) is 2.86. The number of nitrogens with zero attached hydrogens (tertiary/aromatic N) is 1. The van der Waals surface area contributed by atoms with E-state index >= 15 is 0 Å². The summed E-state index contributed by atoms with van der Waals surface area (Å²) >= 11 is 0. The van der Waals surface area contributed by atoms with Gasteiger partial charge >= 0.3 is 0 Å². The van der Waals surface area contributed by atoms with E-state index < -0.39 is 5.60 Å². The van der Waals surface area contributed by atoms with Gasteiger partial charge in [-0.1, -0.05) is 12.8 Å². The van der Waals surface area contributed by atoms with Crippen LogP contribution in [0.5, 0.6) is 11.5 Å². The fraction of sp³-hybridized carbons (Fsp3) is 0.647. The topological polar surface area (TPSA) is 68.7 Å². The predicted molar refractivity (Wildman–Crippen MR) is 83.4 cm³/mol. The monoisotopic (exact) mass is 307 g/mol. The molecule has 1 aliphatic rings. The van der Waals surface area contributed by atoms with Gasteiger partial charge in [0.2, 0.25) is 0 Å². The summed E-state index contributed by atoms with van der Waals surface area (Å²) in [7, 11) is 1.50. The fourth-order valence-corrected chi connectivity index (χ4v) is 3.36. The van der Waals surface area contributed by atoms with Crippen LogP contribution in [0.1, 0.15) is 49.9 Å². The molecule has 122 valence electrons. The molecular weight excluding hydrogens is 282 g/mol. The van der Waals surface area contributed by atoms with Crippen molar-refractivity contribution in [2.45, 2.75) is 45.1 Å². The van der Waals surface area contributed by atoms with Crippen LogP contribution in [0, 0.1) is 11.8 Å². The van der Waals surface area contributed by atoms with Crippen LogP contribution in [0.3, 0.4) is 0 Å². The molecule has 1 saturated carbocycles. The number of rotatable bonds is 6. The number of aldehydes is 1. The zero-order chi connectivity index (χ0) is 16.2. The van der Waals surface area contributed by atoms with Gasteiger partial charge in [0.25, 0.3) is 0 Å². The van der Waals surface area contributed by atoms with Crippen LogP contribution in [0.25, 0.3) is 0 Å². The third kappa shape index (κ3) is 3.77. The second kappa shape index (κ2) is 7.09. The Morgan fingerprint density at radius 1 is 1.32 bits per heavy atom. The molecule has 1 aliphatic carbocycles. The quantitative estimate of drug-likeness (QED) is 0.818. The Bertz CT molecular complexity index is 510. The first kappa shape index (κ1) is 16.7. The molecule has 1 aromatic rings. The summed E-state index contributed by atoms with van der Waals surface area (Å²) in [6.45, 7) is 4.20. The number of pyridine rings is 1. The van der Waals surface area contributed by atoms with Crippen molar-refractivity contribution in [2.75, 3.05) is 13.7 Å². The smallest absolute Gasteiger partial charge is 0.157 e. The highest BCUT2D eigenvalue weighted by atomic mass is 16.5. The van der Waals surface area contributed by atoms with E-state index in [-0.39, 0.29) is 11.8 Å². The molecule has 1 heterocycles. The Hall–Kier alpha value is -1.62. The van der Waals surface area contributed by atoms with Crippen molar-refractivity contribution in [1.82, 2.24) is 4.98 Å². The summed E-state index contributed by atoms with van der Waals surface area (Å²) in [6.07, 6.45) is 8.09. The summed E-state index contributed by atoms with van der Waals surface area (Å²) in [5.41, 5.74) is -0.331. The van der Waals surface area contributed by atoms with Crippen molar-refractivity contribution in [1.29, 1.82) is 0 Å². The first-order valence-corrected chi connectivity index (χ1v) is 7.79. The van der Waals surface area contributed by atoms with E-state index in [9.17, 15) is 9.90 Å². The first-order chi connectivity index (χ1) is 10.5. The minimum Gasteiger partial charge on any atom is -0.494 e. The normalized spacial score (nSPS) is 22.2. The molecule has 2 rings (SSSR count). The van der Waals surface area contributed by atoms with E-state index in [1.807, 2.05) is 13.8 Å². The van der Waals surface area contributed by atoms with Crippen LogP contribution in [0.2, 0.25) is 0 Å². The second-order valence-corrected chi connectivity index (χ2v) is 6.49. The van der Waals surface area contributed by atoms with Crippen molar-refractivity contribution < 1.29 is 19.4 Å². The molecule has 0 bridgehead atoms. The highest BCUT2D eigenvalue weighted by molar-refractivity contribution is 5.83. The summed E-state index contributed by atoms with van der Waals surface area (Å²) < 4.78 is 11.0. The molecule has 5 heteroatoms. The maximum atomic E-state index is 11.3. The Morgan fingerprint density at radius 3 is 2.64 bits per heavy atom. The number of methoxy groups -OCH3 is 1. The van der Waals surface area contributed by atoms with Crippen LogP contribution in [0.15, 0.2) is 12.4 Å². The van der Waals surface area contributed by atoms with Crippen molar-refractivity contribution in [2.24, 2.45) is 11.8 Å². The third-order valence-electron chi connectivity index (χ3n) is 4.52. The first-order valence-electron chi connectivity index (χ1n) is 7.79. The van der Waals surface area contributed by atoms with Crippen molar-refractivity contribution >= 4 is 6.29 Å². The lowest BCUT2D eigenvalue weighted by molar-refractivity contribution is -0.0378. The molecule has 22 heavy (non-hydrogen) atoms. The zero-order valence-electron chi connectivity index (χ0n) is 13.5. The molecule has 0 radical (unpaired) electrons. The number of aliphatic hydroxyl groups is 1. The van der Waals surface area contributed by atoms with Gasteiger partial charge in [0.15, 0.2) is 17.8 Å². The molecule has 0 aliphatic heterocycles. The van der Waals surface area contributed by atoms with Crippen LogP contribution in [-0.2, 0) is 0 Å². The molecule has 2 unspecified atom stereocenters. The third-order valence-corrected chi connectivity index (χ3v) is 4.52. The number of carbonyl (C=O) groups excluding carboxylic acids is 1. The largest absolute Gasteiger partial charge is 0.494 e. The van der Waals surface area contributed by atoms with E-state index in [0.29, 0.717) is 23.7 Å². The van der Waals surface area contributed by atoms with Gasteiger partial charge in [-0.05, 0) is 38.5 Å². The van der Waals surface area contributed by atoms with Gasteiger partial charge in [0.1, 0.15) is 5.56 Å². The lowest BCUT2D eigenvalue weighted by Crippen LogP contribution is -2.40. The second-order valence-electron chi connectivity index (χ2n) is 6.49. The molecule has 5 nitrogen and oxygen atoms in total. The van der Waals surface area contributed by atoms with Crippen molar-refractivity contribution in [3.05, 3.63) is 18.0 Å². The summed E-state index contributed by atoms with van der Waals surface area (Å²) in [5.74, 6) is 1.34. The van der Waals surface area contributed by atoms with Gasteiger partial charge in [-0.15, -0.1) is 0 Å². The van der Waals surface area contributed by atoms with Gasteiger partial charge in [-0.2, -0.15) is 0 Å². The highest BCUT2D eigenvalue weighted by Gasteiger charge is 2.36. The number of carbonyl (C=O) groups is 1. The minimum absolute atomic E-state index is 0.208. The number of hydrogen-bond acceptors (Lipinski definition) is 5. The molecule has 0 spiro atoms. The molecular formula is C17H25NO4. The summed E-state index contributed by atoms with van der Waals surface area (Å²) in [6, 6.07) is 0. The van der Waals surface area contributed by atoms with Gasteiger partial charge in [-0.25, -0.2) is 0 Å². The van der Waals surface area contributed by atoms with Crippen LogP contribution >= 0.6 is 0 Å². The van der Waals surface area contributed by atoms with Gasteiger partial charge in [0, 0.05) is 0 Å². The maximum Gasteiger partial charge on any atom is 0.157 e. The van der Waals surface area contributed by atoms with Crippen molar-refractivity contribution in [3.63, 3.8) is 0 Å². The van der Waals surface area contributed by atoms with Crippen LogP contribution in [0.4, 0.5) is 0 Å². The standard InChI is InChI=1S/C17H25NO4/c1-17(2,20)14-7-5-4-6-12(14)11-22-16-9-18-8-15(21-3)13(16)10-19/h8-10,12,14,20H,4-7,11H2,1-3H3. The average molecular weight is 307 g/mol. The van der Waals surface area contributed by atoms with E-state index in [1.54, 1.807) is 0 Å². The molecule has 2 atom stereocenters. The Labute approximate surface area is 131 Å². The highest BCUT2D eigenvalue weighted by Crippen LogP contribution is 2.38. The number of ether oxygens (including phenoxy) is 2. The lowest BCUT2D eigenvalue weighted by atomic mass is 9.72. The summed E-state index contributed by atoms with van der Waals surface area (Å²) in [5, 5.41) is 10.3. The molecule has 0 aromatic carbocycles. The number of aromatic nitrogens is 1. The zero-order valence-corrected chi connectivity index (χ0v) is 13.5. The van der Waals surface area contributed by atoms with E-state index in [1.165, 1.54) is 19.5 Å². The van der Waals surface area contributed by atoms with E-state index in [4.69, 9.17) is 9.47 Å². The fourth-order valence-electron chi connectivity index (χ4n) is 3.36. The van der Waals surface area contributed by atoms with E-state index in [0.717, 1.165) is 32.0 Å². The Morgan fingerprint density at radius 2 is 2.00 bits per heavy atom. The molecule has 0 amide bonds. The SMILES string of the molecule is COc1cncc(OCC2CCCCC2C(C)(C)O)c1C=O. The van der Waals surface area contributed by atoms with Gasteiger partial charge in [-0.3, -0.25) is 9.78 Å². The maximum absolute atomic E-state index is 11.3. The van der Waals surface area contributed by atoms with Crippen molar-refractivity contribution in [3.8, 4) is 11.5 Å². The lowest BCUT2D eigenvalue weighted by Gasteiger charge is -2.39. The number of hydrogen-bond donors (Lipinski definition) is 1. The van der Waals surface area contributed by atoms with E-state index in [2.05, 4.69) is 4.98 Å². The molecule has 1 aromatic heterocycles. The minimum atomic E-state index is -0.714. The molecule has 1 fully saturated rings. The molecule has 1 N–H and O–H groups in total.